The lowest BCUT2D eigenvalue weighted by Crippen LogP contribution is -2.32. The third kappa shape index (κ3) is 7.65. The Labute approximate surface area is 162 Å². The first-order chi connectivity index (χ1) is 13.1. The monoisotopic (exact) mass is 366 g/mol. The number of ether oxygens (including phenoxy) is 1. The van der Waals surface area contributed by atoms with Gasteiger partial charge in [0.1, 0.15) is 5.75 Å². The van der Waals surface area contributed by atoms with Crippen molar-refractivity contribution in [2.45, 2.75) is 52.0 Å². The average Bonchev–Trinajstić information content (AvgIpc) is 2.68. The number of carbonyl (C=O) groups is 1. The van der Waals surface area contributed by atoms with Gasteiger partial charge in [0.05, 0.1) is 7.11 Å². The van der Waals surface area contributed by atoms with E-state index in [4.69, 9.17) is 4.74 Å². The van der Waals surface area contributed by atoms with Gasteiger partial charge in [0.2, 0.25) is 5.91 Å². The number of carbonyl (C=O) groups excluding carboxylic acids is 1. The number of pyridine rings is 1. The molecule has 1 heterocycles. The van der Waals surface area contributed by atoms with Gasteiger partial charge in [-0.15, -0.1) is 0 Å². The highest BCUT2D eigenvalue weighted by molar-refractivity contribution is 5.76. The third-order valence-electron chi connectivity index (χ3n) is 4.60. The highest BCUT2D eigenvalue weighted by Gasteiger charge is 2.07. The van der Waals surface area contributed by atoms with E-state index < -0.39 is 0 Å². The largest absolute Gasteiger partial charge is 0.497 e. The van der Waals surface area contributed by atoms with Gasteiger partial charge in [-0.2, -0.15) is 0 Å². The predicted molar refractivity (Wildman–Crippen MR) is 111 cm³/mol. The average molecular weight is 367 g/mol. The Morgan fingerprint density at radius 1 is 1.26 bits per heavy atom. The molecule has 0 spiro atoms. The number of nitrogens with zero attached hydrogens (tertiary/aromatic N) is 1. The fraction of sp³-hybridized carbons (Fsp3) is 0.391. The molecule has 0 fully saturated rings. The van der Waals surface area contributed by atoms with Crippen LogP contribution in [-0.2, 0) is 11.2 Å². The van der Waals surface area contributed by atoms with Gasteiger partial charge >= 0.3 is 0 Å². The molecule has 0 bridgehead atoms. The van der Waals surface area contributed by atoms with E-state index in [1.54, 1.807) is 13.3 Å². The number of amides is 1. The van der Waals surface area contributed by atoms with Gasteiger partial charge in [-0.3, -0.25) is 9.78 Å². The number of hydrogen-bond donors (Lipinski definition) is 1. The highest BCUT2D eigenvalue weighted by atomic mass is 16.5. The zero-order valence-corrected chi connectivity index (χ0v) is 16.6. The van der Waals surface area contributed by atoms with Crippen molar-refractivity contribution in [1.82, 2.24) is 10.3 Å². The molecule has 1 unspecified atom stereocenters. The zero-order valence-electron chi connectivity index (χ0n) is 16.6. The molecule has 0 saturated carbocycles. The van der Waals surface area contributed by atoms with E-state index in [1.165, 1.54) is 11.1 Å². The van der Waals surface area contributed by atoms with Crippen molar-refractivity contribution in [2.24, 2.45) is 0 Å². The lowest BCUT2D eigenvalue weighted by Gasteiger charge is -2.13. The number of rotatable bonds is 10. The molecule has 0 aliphatic carbocycles. The number of allylic oxidation sites excluding steroid dienone is 2. The molecule has 0 radical (unpaired) electrons. The van der Waals surface area contributed by atoms with Gasteiger partial charge in [-0.25, -0.2) is 0 Å². The summed E-state index contributed by atoms with van der Waals surface area (Å²) in [4.78, 5) is 16.2. The second-order valence-corrected chi connectivity index (χ2v) is 6.88. The first-order valence-corrected chi connectivity index (χ1v) is 9.58. The van der Waals surface area contributed by atoms with Gasteiger partial charge in [-0.05, 0) is 74.4 Å². The lowest BCUT2D eigenvalue weighted by atomic mass is 10.1. The first-order valence-electron chi connectivity index (χ1n) is 9.58. The molecule has 4 nitrogen and oxygen atoms in total. The second kappa shape index (κ2) is 11.2. The van der Waals surface area contributed by atoms with Crippen molar-refractivity contribution in [1.29, 1.82) is 0 Å². The van der Waals surface area contributed by atoms with Crippen LogP contribution in [0.3, 0.4) is 0 Å². The molecule has 144 valence electrons. The van der Waals surface area contributed by atoms with E-state index in [0.29, 0.717) is 6.42 Å². The second-order valence-electron chi connectivity index (χ2n) is 6.88. The minimum atomic E-state index is 0.114. The summed E-state index contributed by atoms with van der Waals surface area (Å²) in [7, 11) is 1.66. The molecule has 1 atom stereocenters. The van der Waals surface area contributed by atoms with Crippen molar-refractivity contribution < 1.29 is 9.53 Å². The number of methoxy groups -OCH3 is 1. The Morgan fingerprint density at radius 2 is 2.04 bits per heavy atom. The van der Waals surface area contributed by atoms with E-state index in [-0.39, 0.29) is 11.9 Å². The number of aromatic nitrogens is 1. The SMILES string of the molecule is COc1ccc(/C(C)=C\CCC(=O)NC(C)CCCc2cccnc2)cc1. The van der Waals surface area contributed by atoms with Crippen LogP contribution in [-0.4, -0.2) is 24.0 Å². The summed E-state index contributed by atoms with van der Waals surface area (Å²) < 4.78 is 5.18. The van der Waals surface area contributed by atoms with Gasteiger partial charge in [-0.1, -0.05) is 24.3 Å². The third-order valence-corrected chi connectivity index (χ3v) is 4.60. The van der Waals surface area contributed by atoms with Crippen molar-refractivity contribution in [3.05, 3.63) is 66.0 Å². The van der Waals surface area contributed by atoms with Crippen LogP contribution in [0.25, 0.3) is 5.57 Å². The summed E-state index contributed by atoms with van der Waals surface area (Å²) in [6.07, 6.45) is 10.1. The molecule has 4 heteroatoms. The highest BCUT2D eigenvalue weighted by Crippen LogP contribution is 2.18. The van der Waals surface area contributed by atoms with Crippen LogP contribution in [0.15, 0.2) is 54.9 Å². The quantitative estimate of drug-likeness (QED) is 0.657. The fourth-order valence-corrected chi connectivity index (χ4v) is 2.97. The van der Waals surface area contributed by atoms with E-state index >= 15 is 0 Å². The number of hydrogen-bond acceptors (Lipinski definition) is 3. The van der Waals surface area contributed by atoms with Crippen LogP contribution in [0.5, 0.6) is 5.75 Å². The molecule has 0 aliphatic heterocycles. The van der Waals surface area contributed by atoms with Crippen LogP contribution >= 0.6 is 0 Å². The molecular formula is C23H30N2O2. The Kier molecular flexibility index (Phi) is 8.56. The predicted octanol–water partition coefficient (Wildman–Crippen LogP) is 4.80. The summed E-state index contributed by atoms with van der Waals surface area (Å²) in [6.45, 7) is 4.14. The maximum atomic E-state index is 12.1. The topological polar surface area (TPSA) is 51.2 Å². The van der Waals surface area contributed by atoms with Crippen LogP contribution in [0.2, 0.25) is 0 Å². The lowest BCUT2D eigenvalue weighted by molar-refractivity contribution is -0.121. The minimum Gasteiger partial charge on any atom is -0.497 e. The van der Waals surface area contributed by atoms with Crippen LogP contribution < -0.4 is 10.1 Å². The number of aryl methyl sites for hydroxylation is 1. The van der Waals surface area contributed by atoms with E-state index in [2.05, 4.69) is 36.3 Å². The maximum Gasteiger partial charge on any atom is 0.220 e. The molecule has 0 saturated heterocycles. The van der Waals surface area contributed by atoms with Gasteiger partial charge in [0, 0.05) is 24.9 Å². The van der Waals surface area contributed by atoms with E-state index in [1.807, 2.05) is 36.5 Å². The van der Waals surface area contributed by atoms with Crippen molar-refractivity contribution in [2.75, 3.05) is 7.11 Å². The van der Waals surface area contributed by atoms with E-state index in [9.17, 15) is 4.79 Å². The molecule has 27 heavy (non-hydrogen) atoms. The summed E-state index contributed by atoms with van der Waals surface area (Å²) in [5.41, 5.74) is 3.57. The Balaban J connectivity index is 1.66. The number of nitrogens with one attached hydrogen (secondary N) is 1. The maximum absolute atomic E-state index is 12.1. The molecule has 2 aromatic rings. The van der Waals surface area contributed by atoms with E-state index in [0.717, 1.165) is 37.0 Å². The molecule has 1 aromatic heterocycles. The fourth-order valence-electron chi connectivity index (χ4n) is 2.97. The Morgan fingerprint density at radius 3 is 2.70 bits per heavy atom. The van der Waals surface area contributed by atoms with Gasteiger partial charge in [0.25, 0.3) is 0 Å². The van der Waals surface area contributed by atoms with Crippen molar-refractivity contribution in [3.63, 3.8) is 0 Å². The van der Waals surface area contributed by atoms with Gasteiger partial charge < -0.3 is 10.1 Å². The summed E-state index contributed by atoms with van der Waals surface area (Å²) in [6, 6.07) is 12.2. The first kappa shape index (κ1) is 20.7. The molecule has 2 rings (SSSR count). The van der Waals surface area contributed by atoms with Crippen LogP contribution in [0, 0.1) is 0 Å². The Hall–Kier alpha value is -2.62. The molecule has 1 N–H and O–H groups in total. The molecular weight excluding hydrogens is 336 g/mol. The van der Waals surface area contributed by atoms with Crippen molar-refractivity contribution >= 4 is 11.5 Å². The molecule has 1 amide bonds. The van der Waals surface area contributed by atoms with Crippen LogP contribution in [0.1, 0.15) is 50.7 Å². The minimum absolute atomic E-state index is 0.114. The smallest absolute Gasteiger partial charge is 0.220 e. The summed E-state index contributed by atoms with van der Waals surface area (Å²) in [5, 5.41) is 3.09. The molecule has 0 aliphatic rings. The van der Waals surface area contributed by atoms with Crippen LogP contribution in [0.4, 0.5) is 0 Å². The summed E-state index contributed by atoms with van der Waals surface area (Å²) in [5.74, 6) is 0.964. The normalized spacial score (nSPS) is 12.5. The van der Waals surface area contributed by atoms with Gasteiger partial charge in [0.15, 0.2) is 0 Å². The summed E-state index contributed by atoms with van der Waals surface area (Å²) >= 11 is 0. The Bertz CT molecular complexity index is 724. The van der Waals surface area contributed by atoms with Crippen molar-refractivity contribution in [3.8, 4) is 5.75 Å². The number of benzene rings is 1. The molecule has 1 aromatic carbocycles. The standard InChI is InChI=1S/C23H30N2O2/c1-18(21-12-14-22(27-3)15-13-21)7-4-11-23(26)25-19(2)8-5-9-20-10-6-16-24-17-20/h6-7,10,12-17,19H,4-5,8-9,11H2,1-3H3,(H,25,26)/b18-7-. The zero-order chi connectivity index (χ0) is 19.5.